The highest BCUT2D eigenvalue weighted by molar-refractivity contribution is 7.20. The minimum atomic E-state index is -0.291. The first-order valence-corrected chi connectivity index (χ1v) is 8.55. The Hall–Kier alpha value is -2.20. The van der Waals surface area contributed by atoms with Crippen molar-refractivity contribution in [3.05, 3.63) is 64.3 Å². The fraction of sp³-hybridized carbons (Fsp3) is 0.211. The van der Waals surface area contributed by atoms with Gasteiger partial charge in [0.2, 0.25) is 0 Å². The van der Waals surface area contributed by atoms with Crippen molar-refractivity contribution in [1.29, 1.82) is 0 Å². The van der Waals surface area contributed by atoms with E-state index in [4.69, 9.17) is 0 Å². The van der Waals surface area contributed by atoms with Crippen molar-refractivity contribution in [2.45, 2.75) is 26.7 Å². The summed E-state index contributed by atoms with van der Waals surface area (Å²) in [6, 6.07) is 12.6. The number of nitrogens with one attached hydrogen (secondary N) is 1. The molecule has 0 radical (unpaired) electrons. The summed E-state index contributed by atoms with van der Waals surface area (Å²) >= 11 is 1.31. The molecule has 118 valence electrons. The van der Waals surface area contributed by atoms with Gasteiger partial charge < -0.3 is 5.32 Å². The number of carbonyl (C=O) groups excluding carboxylic acids is 1. The number of aryl methyl sites for hydroxylation is 2. The molecule has 0 bridgehead atoms. The van der Waals surface area contributed by atoms with E-state index in [0.717, 1.165) is 34.4 Å². The SMILES string of the molecule is CCc1cccc(CC)c1NC(=O)c1cc2c(F)cccc2s1. The van der Waals surface area contributed by atoms with Gasteiger partial charge in [0.25, 0.3) is 5.91 Å². The highest BCUT2D eigenvalue weighted by atomic mass is 32.1. The third kappa shape index (κ3) is 2.99. The van der Waals surface area contributed by atoms with Crippen LogP contribution in [0, 0.1) is 5.82 Å². The number of fused-ring (bicyclic) bond motifs is 1. The lowest BCUT2D eigenvalue weighted by atomic mass is 10.0. The Morgan fingerprint density at radius 3 is 2.35 bits per heavy atom. The molecule has 1 aromatic heterocycles. The van der Waals surface area contributed by atoms with Crippen LogP contribution in [0.15, 0.2) is 42.5 Å². The first-order valence-electron chi connectivity index (χ1n) is 7.74. The third-order valence-corrected chi connectivity index (χ3v) is 5.07. The zero-order chi connectivity index (χ0) is 16.4. The average molecular weight is 327 g/mol. The van der Waals surface area contributed by atoms with E-state index in [9.17, 15) is 9.18 Å². The van der Waals surface area contributed by atoms with E-state index < -0.39 is 0 Å². The molecule has 3 rings (SSSR count). The Morgan fingerprint density at radius 2 is 1.74 bits per heavy atom. The Labute approximate surface area is 139 Å². The number of hydrogen-bond acceptors (Lipinski definition) is 2. The van der Waals surface area contributed by atoms with Crippen LogP contribution in [0.1, 0.15) is 34.6 Å². The molecular weight excluding hydrogens is 309 g/mol. The van der Waals surface area contributed by atoms with Crippen molar-refractivity contribution in [1.82, 2.24) is 0 Å². The predicted octanol–water partition coefficient (Wildman–Crippen LogP) is 5.42. The largest absolute Gasteiger partial charge is 0.321 e. The summed E-state index contributed by atoms with van der Waals surface area (Å²) in [5.41, 5.74) is 3.12. The topological polar surface area (TPSA) is 29.1 Å². The molecule has 3 aromatic rings. The van der Waals surface area contributed by atoms with Crippen LogP contribution >= 0.6 is 11.3 Å². The van der Waals surface area contributed by atoms with Crippen molar-refractivity contribution in [3.8, 4) is 0 Å². The van der Waals surface area contributed by atoms with Gasteiger partial charge in [0.1, 0.15) is 5.82 Å². The second-order valence-electron chi connectivity index (χ2n) is 5.37. The minimum absolute atomic E-state index is 0.179. The molecule has 0 aliphatic carbocycles. The molecule has 0 aliphatic rings. The summed E-state index contributed by atoms with van der Waals surface area (Å²) in [5, 5.41) is 3.53. The second kappa shape index (κ2) is 6.50. The zero-order valence-corrected chi connectivity index (χ0v) is 14.0. The van der Waals surface area contributed by atoms with E-state index in [1.54, 1.807) is 12.1 Å². The van der Waals surface area contributed by atoms with Crippen LogP contribution in [0.5, 0.6) is 0 Å². The quantitative estimate of drug-likeness (QED) is 0.681. The van der Waals surface area contributed by atoms with Crippen LogP contribution in [0.4, 0.5) is 10.1 Å². The van der Waals surface area contributed by atoms with Gasteiger partial charge >= 0.3 is 0 Å². The monoisotopic (exact) mass is 327 g/mol. The fourth-order valence-corrected chi connectivity index (χ4v) is 3.69. The summed E-state index contributed by atoms with van der Waals surface area (Å²) in [5.74, 6) is -0.470. The van der Waals surface area contributed by atoms with Gasteiger partial charge in [-0.05, 0) is 42.2 Å². The highest BCUT2D eigenvalue weighted by Gasteiger charge is 2.15. The smallest absolute Gasteiger partial charge is 0.265 e. The number of amides is 1. The molecular formula is C19H18FNOS. The zero-order valence-electron chi connectivity index (χ0n) is 13.2. The number of rotatable bonds is 4. The van der Waals surface area contributed by atoms with E-state index in [0.29, 0.717) is 10.3 Å². The fourth-order valence-electron chi connectivity index (χ4n) is 2.72. The molecule has 0 unspecified atom stereocenters. The molecule has 1 N–H and O–H groups in total. The number of carbonyl (C=O) groups is 1. The molecule has 0 fully saturated rings. The molecule has 1 amide bonds. The van der Waals surface area contributed by atoms with Crippen LogP contribution in [0.2, 0.25) is 0 Å². The number of halogens is 1. The molecule has 2 nitrogen and oxygen atoms in total. The maximum atomic E-state index is 13.8. The van der Waals surface area contributed by atoms with Crippen molar-refractivity contribution < 1.29 is 9.18 Å². The van der Waals surface area contributed by atoms with Gasteiger partial charge in [0.05, 0.1) is 4.88 Å². The third-order valence-electron chi connectivity index (χ3n) is 3.97. The van der Waals surface area contributed by atoms with Gasteiger partial charge in [0, 0.05) is 15.8 Å². The molecule has 0 saturated carbocycles. The van der Waals surface area contributed by atoms with E-state index in [1.807, 2.05) is 24.3 Å². The second-order valence-corrected chi connectivity index (χ2v) is 6.46. The van der Waals surface area contributed by atoms with E-state index >= 15 is 0 Å². The van der Waals surface area contributed by atoms with Gasteiger partial charge in [-0.15, -0.1) is 11.3 Å². The molecule has 23 heavy (non-hydrogen) atoms. The van der Waals surface area contributed by atoms with Crippen LogP contribution in [-0.4, -0.2) is 5.91 Å². The van der Waals surface area contributed by atoms with Crippen LogP contribution in [-0.2, 0) is 12.8 Å². The van der Waals surface area contributed by atoms with Crippen LogP contribution in [0.3, 0.4) is 0 Å². The minimum Gasteiger partial charge on any atom is -0.321 e. The Kier molecular flexibility index (Phi) is 4.44. The number of hydrogen-bond donors (Lipinski definition) is 1. The van der Waals surface area contributed by atoms with E-state index in [-0.39, 0.29) is 11.7 Å². The Bertz CT molecular complexity index is 847. The van der Waals surface area contributed by atoms with Gasteiger partial charge in [-0.3, -0.25) is 4.79 Å². The Morgan fingerprint density at radius 1 is 1.09 bits per heavy atom. The summed E-state index contributed by atoms with van der Waals surface area (Å²) in [6.45, 7) is 4.14. The number of thiophene rings is 1. The number of anilines is 1. The van der Waals surface area contributed by atoms with E-state index in [1.165, 1.54) is 17.4 Å². The summed E-state index contributed by atoms with van der Waals surface area (Å²) in [4.78, 5) is 13.1. The lowest BCUT2D eigenvalue weighted by Gasteiger charge is -2.13. The van der Waals surface area contributed by atoms with Gasteiger partial charge in [-0.25, -0.2) is 4.39 Å². The van der Waals surface area contributed by atoms with Crippen LogP contribution in [0.25, 0.3) is 10.1 Å². The molecule has 2 aromatic carbocycles. The normalized spacial score (nSPS) is 10.9. The van der Waals surface area contributed by atoms with Gasteiger partial charge in [0.15, 0.2) is 0 Å². The van der Waals surface area contributed by atoms with Crippen molar-refractivity contribution in [3.63, 3.8) is 0 Å². The van der Waals surface area contributed by atoms with Crippen molar-refractivity contribution in [2.24, 2.45) is 0 Å². The maximum Gasteiger partial charge on any atom is 0.265 e. The van der Waals surface area contributed by atoms with E-state index in [2.05, 4.69) is 19.2 Å². The molecule has 0 aliphatic heterocycles. The summed E-state index contributed by atoms with van der Waals surface area (Å²) < 4.78 is 14.6. The number of benzene rings is 2. The van der Waals surface area contributed by atoms with Crippen molar-refractivity contribution >= 4 is 33.0 Å². The molecule has 1 heterocycles. The van der Waals surface area contributed by atoms with Gasteiger partial charge in [-0.2, -0.15) is 0 Å². The lowest BCUT2D eigenvalue weighted by Crippen LogP contribution is -2.13. The first kappa shape index (κ1) is 15.7. The van der Waals surface area contributed by atoms with Crippen LogP contribution < -0.4 is 5.32 Å². The number of para-hydroxylation sites is 1. The molecule has 0 spiro atoms. The molecule has 0 saturated heterocycles. The Balaban J connectivity index is 1.96. The molecule has 4 heteroatoms. The molecule has 0 atom stereocenters. The highest BCUT2D eigenvalue weighted by Crippen LogP contribution is 2.29. The standard InChI is InChI=1S/C19H18FNOS/c1-3-12-7-5-8-13(4-2)18(12)21-19(22)17-11-14-15(20)9-6-10-16(14)23-17/h5-11H,3-4H2,1-2H3,(H,21,22). The predicted molar refractivity (Wildman–Crippen MR) is 94.9 cm³/mol. The average Bonchev–Trinajstić information content (AvgIpc) is 3.01. The van der Waals surface area contributed by atoms with Gasteiger partial charge in [-0.1, -0.05) is 38.1 Å². The maximum absolute atomic E-state index is 13.8. The lowest BCUT2D eigenvalue weighted by molar-refractivity contribution is 0.103. The summed E-state index contributed by atoms with van der Waals surface area (Å²) in [7, 11) is 0. The first-order chi connectivity index (χ1) is 11.1. The van der Waals surface area contributed by atoms with Crippen molar-refractivity contribution in [2.75, 3.05) is 5.32 Å². The summed E-state index contributed by atoms with van der Waals surface area (Å²) in [6.07, 6.45) is 1.70.